The van der Waals surface area contributed by atoms with E-state index in [-0.39, 0.29) is 5.95 Å². The van der Waals surface area contributed by atoms with E-state index in [0.29, 0.717) is 17.3 Å². The lowest BCUT2D eigenvalue weighted by atomic mass is 10.1. The third kappa shape index (κ3) is 2.35. The van der Waals surface area contributed by atoms with E-state index in [0.717, 1.165) is 28.0 Å². The van der Waals surface area contributed by atoms with Gasteiger partial charge in [-0.25, -0.2) is 4.98 Å². The van der Waals surface area contributed by atoms with Gasteiger partial charge in [0.1, 0.15) is 16.5 Å². The molecule has 0 radical (unpaired) electrons. The van der Waals surface area contributed by atoms with Crippen LogP contribution in [0.1, 0.15) is 16.8 Å². The average molecular weight is 318 g/mol. The molecule has 0 aliphatic heterocycles. The van der Waals surface area contributed by atoms with Crippen molar-refractivity contribution in [1.82, 2.24) is 19.5 Å². The van der Waals surface area contributed by atoms with Crippen molar-refractivity contribution < 1.29 is 4.74 Å². The highest BCUT2D eigenvalue weighted by Gasteiger charge is 2.13. The van der Waals surface area contributed by atoms with Gasteiger partial charge in [0.05, 0.1) is 24.7 Å². The van der Waals surface area contributed by atoms with Crippen LogP contribution in [0.25, 0.3) is 11.0 Å². The summed E-state index contributed by atoms with van der Waals surface area (Å²) in [4.78, 5) is 12.7. The summed E-state index contributed by atoms with van der Waals surface area (Å²) in [5, 5.41) is 1.13. The van der Waals surface area contributed by atoms with Crippen LogP contribution < -0.4 is 10.5 Å². The lowest BCUT2D eigenvalue weighted by Gasteiger charge is -2.13. The Bertz CT molecular complexity index is 859. The summed E-state index contributed by atoms with van der Waals surface area (Å²) in [6.45, 7) is 4.52. The van der Waals surface area contributed by atoms with Crippen molar-refractivity contribution in [2.75, 3.05) is 12.8 Å². The first kappa shape index (κ1) is 14.6. The monoisotopic (exact) mass is 317 g/mol. The van der Waals surface area contributed by atoms with Crippen LogP contribution >= 0.6 is 11.6 Å². The summed E-state index contributed by atoms with van der Waals surface area (Å²) in [5.74, 6) is 1.01. The number of nitrogens with zero attached hydrogens (tertiary/aromatic N) is 4. The van der Waals surface area contributed by atoms with Crippen LogP contribution in [0.4, 0.5) is 5.95 Å². The van der Waals surface area contributed by atoms with Crippen LogP contribution in [0.15, 0.2) is 18.5 Å². The van der Waals surface area contributed by atoms with Gasteiger partial charge in [-0.05, 0) is 19.9 Å². The Labute approximate surface area is 132 Å². The fourth-order valence-corrected chi connectivity index (χ4v) is 2.80. The summed E-state index contributed by atoms with van der Waals surface area (Å²) in [6.07, 6.45) is 3.71. The van der Waals surface area contributed by atoms with Gasteiger partial charge in [0.15, 0.2) is 0 Å². The van der Waals surface area contributed by atoms with E-state index in [1.54, 1.807) is 7.11 Å². The normalized spacial score (nSPS) is 11.1. The van der Waals surface area contributed by atoms with Crippen molar-refractivity contribution in [3.63, 3.8) is 0 Å². The van der Waals surface area contributed by atoms with Crippen molar-refractivity contribution in [1.29, 1.82) is 0 Å². The van der Waals surface area contributed by atoms with Gasteiger partial charge in [-0.15, -0.1) is 0 Å². The number of ether oxygens (including phenoxy) is 1. The van der Waals surface area contributed by atoms with E-state index in [4.69, 9.17) is 22.1 Å². The summed E-state index contributed by atoms with van der Waals surface area (Å²) in [6, 6.07) is 1.87. The number of hydrogen-bond donors (Lipinski definition) is 1. The number of aryl methyl sites for hydroxylation is 1. The summed E-state index contributed by atoms with van der Waals surface area (Å²) in [7, 11) is 1.66. The Morgan fingerprint density at radius 3 is 2.82 bits per heavy atom. The molecule has 0 saturated heterocycles. The molecule has 0 saturated carbocycles. The average Bonchev–Trinajstić information content (AvgIpc) is 2.86. The molecule has 0 bridgehead atoms. The number of hydrogen-bond acceptors (Lipinski definition) is 5. The maximum absolute atomic E-state index is 6.10. The molecule has 0 atom stereocenters. The number of halogens is 1. The van der Waals surface area contributed by atoms with E-state index in [2.05, 4.69) is 15.0 Å². The lowest BCUT2D eigenvalue weighted by molar-refractivity contribution is 0.406. The van der Waals surface area contributed by atoms with Gasteiger partial charge >= 0.3 is 0 Å². The third-order valence-electron chi connectivity index (χ3n) is 3.66. The number of nitrogen functional groups attached to an aromatic ring is 1. The van der Waals surface area contributed by atoms with E-state index < -0.39 is 0 Å². The van der Waals surface area contributed by atoms with Crippen molar-refractivity contribution >= 4 is 28.6 Å². The molecule has 22 heavy (non-hydrogen) atoms. The largest absolute Gasteiger partial charge is 0.496 e. The zero-order valence-electron chi connectivity index (χ0n) is 12.6. The predicted molar refractivity (Wildman–Crippen MR) is 86.3 cm³/mol. The molecule has 0 fully saturated rings. The molecule has 0 unspecified atom stereocenters. The lowest BCUT2D eigenvalue weighted by Crippen LogP contribution is -2.07. The van der Waals surface area contributed by atoms with E-state index in [9.17, 15) is 0 Å². The minimum atomic E-state index is 0.156. The Balaban J connectivity index is 2.08. The number of pyridine rings is 1. The number of methoxy groups -OCH3 is 1. The molecule has 3 rings (SSSR count). The van der Waals surface area contributed by atoms with Crippen molar-refractivity contribution in [3.8, 4) is 5.75 Å². The first-order valence-electron chi connectivity index (χ1n) is 6.78. The summed E-state index contributed by atoms with van der Waals surface area (Å²) < 4.78 is 7.39. The summed E-state index contributed by atoms with van der Waals surface area (Å²) in [5.41, 5.74) is 9.31. The Kier molecular flexibility index (Phi) is 3.62. The number of fused-ring (bicyclic) bond motifs is 1. The topological polar surface area (TPSA) is 78.8 Å². The van der Waals surface area contributed by atoms with Crippen LogP contribution in [-0.2, 0) is 6.54 Å². The minimum absolute atomic E-state index is 0.156. The summed E-state index contributed by atoms with van der Waals surface area (Å²) >= 11 is 6.10. The van der Waals surface area contributed by atoms with Gasteiger partial charge in [0.2, 0.25) is 5.95 Å². The fraction of sp³-hybridized carbons (Fsp3) is 0.267. The molecule has 0 amide bonds. The highest BCUT2D eigenvalue weighted by Crippen LogP contribution is 2.26. The molecular weight excluding hydrogens is 302 g/mol. The molecule has 3 heterocycles. The highest BCUT2D eigenvalue weighted by molar-refractivity contribution is 6.34. The SMILES string of the molecule is COc1c(C)cnc(Cn2ccc3c(Cl)nc(N)nc32)c1C. The van der Waals surface area contributed by atoms with Crippen LogP contribution in [0.2, 0.25) is 5.15 Å². The van der Waals surface area contributed by atoms with Crippen LogP contribution in [0.5, 0.6) is 5.75 Å². The van der Waals surface area contributed by atoms with Gasteiger partial charge in [0.25, 0.3) is 0 Å². The van der Waals surface area contributed by atoms with Crippen LogP contribution in [0.3, 0.4) is 0 Å². The molecule has 7 heteroatoms. The molecule has 114 valence electrons. The van der Waals surface area contributed by atoms with Crippen molar-refractivity contribution in [3.05, 3.63) is 40.4 Å². The van der Waals surface area contributed by atoms with E-state index in [1.165, 1.54) is 0 Å². The predicted octanol–water partition coefficient (Wildman–Crippen LogP) is 2.74. The zero-order valence-corrected chi connectivity index (χ0v) is 13.3. The van der Waals surface area contributed by atoms with E-state index in [1.807, 2.05) is 36.9 Å². The molecule has 0 spiro atoms. The molecule has 6 nitrogen and oxygen atoms in total. The van der Waals surface area contributed by atoms with Crippen LogP contribution in [0, 0.1) is 13.8 Å². The standard InChI is InChI=1S/C15H16ClN5O/c1-8-6-18-11(9(2)12(8)22-3)7-21-5-4-10-13(16)19-15(17)20-14(10)21/h4-6H,7H2,1-3H3,(H2,17,19,20). The maximum atomic E-state index is 6.10. The van der Waals surface area contributed by atoms with E-state index >= 15 is 0 Å². The molecule has 0 aromatic carbocycles. The number of nitrogens with two attached hydrogens (primary N) is 1. The first-order chi connectivity index (χ1) is 10.5. The third-order valence-corrected chi connectivity index (χ3v) is 3.95. The number of aromatic nitrogens is 4. The highest BCUT2D eigenvalue weighted by atomic mass is 35.5. The zero-order chi connectivity index (χ0) is 15.9. The Morgan fingerprint density at radius 1 is 1.32 bits per heavy atom. The van der Waals surface area contributed by atoms with Crippen molar-refractivity contribution in [2.24, 2.45) is 0 Å². The molecule has 0 aliphatic carbocycles. The maximum Gasteiger partial charge on any atom is 0.223 e. The molecule has 2 N–H and O–H groups in total. The minimum Gasteiger partial charge on any atom is -0.496 e. The molecule has 0 aliphatic rings. The fourth-order valence-electron chi connectivity index (χ4n) is 2.56. The second kappa shape index (κ2) is 5.46. The molecule has 3 aromatic rings. The quantitative estimate of drug-likeness (QED) is 0.751. The second-order valence-corrected chi connectivity index (χ2v) is 5.46. The van der Waals surface area contributed by atoms with Gasteiger partial charge < -0.3 is 15.0 Å². The smallest absolute Gasteiger partial charge is 0.223 e. The molecule has 3 aromatic heterocycles. The van der Waals surface area contributed by atoms with Gasteiger partial charge in [-0.2, -0.15) is 4.98 Å². The Morgan fingerprint density at radius 2 is 2.09 bits per heavy atom. The van der Waals surface area contributed by atoms with Gasteiger partial charge in [-0.3, -0.25) is 4.98 Å². The second-order valence-electron chi connectivity index (χ2n) is 5.10. The van der Waals surface area contributed by atoms with Crippen molar-refractivity contribution in [2.45, 2.75) is 20.4 Å². The molecular formula is C15H16ClN5O. The number of rotatable bonds is 3. The van der Waals surface area contributed by atoms with Crippen LogP contribution in [-0.4, -0.2) is 26.6 Å². The van der Waals surface area contributed by atoms with Gasteiger partial charge in [-0.1, -0.05) is 11.6 Å². The van der Waals surface area contributed by atoms with Gasteiger partial charge in [0, 0.05) is 23.5 Å². The Hall–Kier alpha value is -2.34. The first-order valence-corrected chi connectivity index (χ1v) is 7.16. The number of anilines is 1.